The highest BCUT2D eigenvalue weighted by molar-refractivity contribution is 6.18. The Morgan fingerprint density at radius 1 is 1.03 bits per heavy atom. The van der Waals surface area contributed by atoms with E-state index in [1.165, 1.54) is 4.90 Å². The summed E-state index contributed by atoms with van der Waals surface area (Å²) in [4.78, 5) is 35.5. The van der Waals surface area contributed by atoms with Gasteiger partial charge in [-0.25, -0.2) is 0 Å². The first-order valence-corrected chi connectivity index (χ1v) is 10.2. The molecule has 0 bridgehead atoms. The number of halogens is 2. The Labute approximate surface area is 178 Å². The van der Waals surface area contributed by atoms with Crippen LogP contribution < -0.4 is 10.2 Å². The van der Waals surface area contributed by atoms with Crippen molar-refractivity contribution < 1.29 is 19.7 Å². The summed E-state index contributed by atoms with van der Waals surface area (Å²) in [5.41, 5.74) is -1.32. The van der Waals surface area contributed by atoms with Gasteiger partial charge in [0.25, 0.3) is 17.3 Å². The number of nitrogens with zero attached hydrogens (tertiary/aromatic N) is 3. The number of carbonyl (C=O) groups excluding carboxylic acids is 1. The standard InChI is InChI=1S/C17H24Cl2N4O6/c18-5-8-21(9-6-19)16-14(17(25)20-7-3-1-2-4-10-24)11-13(22(26)27)12-15(16)23(28)29/h11-12,24H,1-10H2,(H,20,25). The summed E-state index contributed by atoms with van der Waals surface area (Å²) in [6.07, 6.45) is 2.90. The lowest BCUT2D eigenvalue weighted by molar-refractivity contribution is -0.393. The van der Waals surface area contributed by atoms with Crippen LogP contribution in [0.2, 0.25) is 0 Å². The summed E-state index contributed by atoms with van der Waals surface area (Å²) >= 11 is 11.6. The number of anilines is 1. The maximum atomic E-state index is 12.7. The van der Waals surface area contributed by atoms with Gasteiger partial charge in [0, 0.05) is 44.1 Å². The molecule has 2 N–H and O–H groups in total. The number of alkyl halides is 2. The molecule has 0 heterocycles. The van der Waals surface area contributed by atoms with Crippen LogP contribution in [0.25, 0.3) is 0 Å². The lowest BCUT2D eigenvalue weighted by atomic mass is 10.1. The van der Waals surface area contributed by atoms with E-state index in [-0.39, 0.29) is 42.7 Å². The summed E-state index contributed by atoms with van der Waals surface area (Å²) < 4.78 is 0. The van der Waals surface area contributed by atoms with Crippen LogP contribution in [0.15, 0.2) is 12.1 Å². The third-order valence-corrected chi connectivity index (χ3v) is 4.46. The van der Waals surface area contributed by atoms with Gasteiger partial charge in [-0.1, -0.05) is 12.8 Å². The Morgan fingerprint density at radius 2 is 1.66 bits per heavy atom. The van der Waals surface area contributed by atoms with E-state index in [1.807, 2.05) is 0 Å². The number of rotatable bonds is 14. The fourth-order valence-electron chi connectivity index (χ4n) is 2.78. The van der Waals surface area contributed by atoms with Gasteiger partial charge >= 0.3 is 0 Å². The molecule has 1 amide bonds. The van der Waals surface area contributed by atoms with Gasteiger partial charge in [-0.2, -0.15) is 0 Å². The lowest BCUT2D eigenvalue weighted by Crippen LogP contribution is -2.32. The van der Waals surface area contributed by atoms with Crippen molar-refractivity contribution in [3.8, 4) is 0 Å². The second kappa shape index (κ2) is 13.1. The Kier molecular flexibility index (Phi) is 11.3. The maximum Gasteiger partial charge on any atom is 0.300 e. The lowest BCUT2D eigenvalue weighted by Gasteiger charge is -2.24. The molecular formula is C17H24Cl2N4O6. The molecule has 162 valence electrons. The van der Waals surface area contributed by atoms with E-state index in [2.05, 4.69) is 5.32 Å². The average molecular weight is 451 g/mol. The largest absolute Gasteiger partial charge is 0.396 e. The van der Waals surface area contributed by atoms with E-state index < -0.39 is 27.1 Å². The Bertz CT molecular complexity index is 713. The molecule has 0 aromatic heterocycles. The van der Waals surface area contributed by atoms with Crippen molar-refractivity contribution in [3.05, 3.63) is 37.9 Å². The molecular weight excluding hydrogens is 427 g/mol. The third-order valence-electron chi connectivity index (χ3n) is 4.12. The van der Waals surface area contributed by atoms with Gasteiger partial charge in [-0.05, 0) is 12.8 Å². The number of nitro benzene ring substituents is 2. The molecule has 1 rings (SSSR count). The zero-order chi connectivity index (χ0) is 21.8. The summed E-state index contributed by atoms with van der Waals surface area (Å²) in [6, 6.07) is 1.86. The zero-order valence-corrected chi connectivity index (χ0v) is 17.3. The number of hydrogen-bond acceptors (Lipinski definition) is 7. The number of aliphatic hydroxyl groups excluding tert-OH is 1. The summed E-state index contributed by atoms with van der Waals surface area (Å²) in [7, 11) is 0. The average Bonchev–Trinajstić information content (AvgIpc) is 2.69. The number of amides is 1. The van der Waals surface area contributed by atoms with Crippen LogP contribution in [0.3, 0.4) is 0 Å². The topological polar surface area (TPSA) is 139 Å². The van der Waals surface area contributed by atoms with E-state index in [0.29, 0.717) is 19.4 Å². The van der Waals surface area contributed by atoms with Crippen molar-refractivity contribution >= 4 is 46.2 Å². The van der Waals surface area contributed by atoms with Crippen molar-refractivity contribution in [2.24, 2.45) is 0 Å². The van der Waals surface area contributed by atoms with Gasteiger partial charge in [0.15, 0.2) is 0 Å². The third kappa shape index (κ3) is 7.64. The predicted molar refractivity (Wildman–Crippen MR) is 111 cm³/mol. The first-order valence-electron chi connectivity index (χ1n) is 9.10. The number of aliphatic hydroxyl groups is 1. The van der Waals surface area contributed by atoms with Gasteiger partial charge < -0.3 is 15.3 Å². The van der Waals surface area contributed by atoms with Gasteiger partial charge in [-0.3, -0.25) is 25.0 Å². The monoisotopic (exact) mass is 450 g/mol. The fourth-order valence-corrected chi connectivity index (χ4v) is 3.19. The predicted octanol–water partition coefficient (Wildman–Crippen LogP) is 3.07. The first-order chi connectivity index (χ1) is 13.9. The second-order valence-electron chi connectivity index (χ2n) is 6.13. The molecule has 0 aliphatic heterocycles. The Morgan fingerprint density at radius 3 is 2.17 bits per heavy atom. The van der Waals surface area contributed by atoms with Gasteiger partial charge in [0.1, 0.15) is 5.69 Å². The number of carbonyl (C=O) groups is 1. The van der Waals surface area contributed by atoms with Crippen LogP contribution in [0.4, 0.5) is 17.1 Å². The number of nitro groups is 2. The van der Waals surface area contributed by atoms with Crippen molar-refractivity contribution in [1.29, 1.82) is 0 Å². The summed E-state index contributed by atoms with van der Waals surface area (Å²) in [5, 5.41) is 34.2. The minimum atomic E-state index is -0.782. The highest BCUT2D eigenvalue weighted by atomic mass is 35.5. The van der Waals surface area contributed by atoms with Crippen LogP contribution in [-0.2, 0) is 0 Å². The van der Waals surface area contributed by atoms with Crippen LogP contribution in [0.5, 0.6) is 0 Å². The molecule has 0 spiro atoms. The number of unbranched alkanes of at least 4 members (excludes halogenated alkanes) is 3. The van der Waals surface area contributed by atoms with Crippen molar-refractivity contribution in [1.82, 2.24) is 5.32 Å². The van der Waals surface area contributed by atoms with Crippen molar-refractivity contribution in [3.63, 3.8) is 0 Å². The highest BCUT2D eigenvalue weighted by Gasteiger charge is 2.30. The molecule has 1 aromatic carbocycles. The van der Waals surface area contributed by atoms with Crippen molar-refractivity contribution in [2.75, 3.05) is 42.9 Å². The van der Waals surface area contributed by atoms with Crippen LogP contribution in [-0.4, -0.2) is 58.9 Å². The molecule has 1 aromatic rings. The van der Waals surface area contributed by atoms with E-state index in [1.54, 1.807) is 0 Å². The number of benzene rings is 1. The molecule has 0 aliphatic carbocycles. The van der Waals surface area contributed by atoms with Crippen LogP contribution >= 0.6 is 23.2 Å². The summed E-state index contributed by atoms with van der Waals surface area (Å²) in [5.74, 6) is -0.406. The minimum absolute atomic E-state index is 0.0420. The zero-order valence-electron chi connectivity index (χ0n) is 15.8. The van der Waals surface area contributed by atoms with Gasteiger partial charge in [0.2, 0.25) is 0 Å². The second-order valence-corrected chi connectivity index (χ2v) is 6.89. The van der Waals surface area contributed by atoms with E-state index in [0.717, 1.165) is 25.0 Å². The molecule has 0 saturated heterocycles. The molecule has 29 heavy (non-hydrogen) atoms. The normalized spacial score (nSPS) is 10.6. The van der Waals surface area contributed by atoms with E-state index in [9.17, 15) is 25.0 Å². The molecule has 10 nitrogen and oxygen atoms in total. The molecule has 12 heteroatoms. The molecule has 0 atom stereocenters. The van der Waals surface area contributed by atoms with E-state index in [4.69, 9.17) is 28.3 Å². The molecule has 0 aliphatic rings. The number of non-ortho nitro benzene ring substituents is 1. The highest BCUT2D eigenvalue weighted by Crippen LogP contribution is 2.36. The summed E-state index contributed by atoms with van der Waals surface area (Å²) in [6.45, 7) is 0.748. The quantitative estimate of drug-likeness (QED) is 0.192. The minimum Gasteiger partial charge on any atom is -0.396 e. The molecule has 0 fully saturated rings. The van der Waals surface area contributed by atoms with Crippen LogP contribution in [0, 0.1) is 20.2 Å². The van der Waals surface area contributed by atoms with Crippen LogP contribution in [0.1, 0.15) is 36.0 Å². The number of nitrogens with one attached hydrogen (secondary N) is 1. The Balaban J connectivity index is 3.27. The van der Waals surface area contributed by atoms with Crippen molar-refractivity contribution in [2.45, 2.75) is 25.7 Å². The molecule has 0 radical (unpaired) electrons. The SMILES string of the molecule is O=C(NCCCCCCO)c1cc([N+](=O)[O-])cc([N+](=O)[O-])c1N(CCCl)CCCl. The van der Waals surface area contributed by atoms with Gasteiger partial charge in [0.05, 0.1) is 21.5 Å². The smallest absolute Gasteiger partial charge is 0.300 e. The Hall–Kier alpha value is -2.17. The first kappa shape index (κ1) is 24.9. The maximum absolute atomic E-state index is 12.7. The fraction of sp³-hybridized carbons (Fsp3) is 0.588. The van der Waals surface area contributed by atoms with Gasteiger partial charge in [-0.15, -0.1) is 23.2 Å². The van der Waals surface area contributed by atoms with E-state index >= 15 is 0 Å². The number of hydrogen-bond donors (Lipinski definition) is 2. The molecule has 0 unspecified atom stereocenters. The molecule has 0 saturated carbocycles.